The maximum Gasteiger partial charge on any atom is 0.251 e. The van der Waals surface area contributed by atoms with E-state index < -0.39 is 6.04 Å². The molecule has 1 unspecified atom stereocenters. The standard InChI is InChI=1S/C22H16ClN5O/c1-28-20-12-26-19(22(25)13-5-7-14(23)8-6-13)9-17(20)16(10-21(28)29)18-4-2-3-15(11-24)27-18/h2-10,12,22H,25H2,1H3. The molecule has 6 nitrogen and oxygen atoms in total. The van der Waals surface area contributed by atoms with Gasteiger partial charge >= 0.3 is 0 Å². The number of nitrogens with zero attached hydrogens (tertiary/aromatic N) is 4. The number of hydrogen-bond donors (Lipinski definition) is 1. The van der Waals surface area contributed by atoms with Crippen molar-refractivity contribution in [2.24, 2.45) is 12.8 Å². The van der Waals surface area contributed by atoms with Crippen molar-refractivity contribution in [1.29, 1.82) is 5.26 Å². The van der Waals surface area contributed by atoms with Gasteiger partial charge < -0.3 is 10.3 Å². The Morgan fingerprint density at radius 1 is 1.17 bits per heavy atom. The molecule has 0 radical (unpaired) electrons. The Bertz CT molecular complexity index is 1320. The zero-order valence-corrected chi connectivity index (χ0v) is 16.3. The molecule has 0 fully saturated rings. The van der Waals surface area contributed by atoms with Crippen molar-refractivity contribution in [3.05, 3.63) is 93.1 Å². The van der Waals surface area contributed by atoms with Crippen molar-refractivity contribution in [3.63, 3.8) is 0 Å². The van der Waals surface area contributed by atoms with Crippen molar-refractivity contribution in [3.8, 4) is 17.3 Å². The fraction of sp³-hybridized carbons (Fsp3) is 0.0909. The van der Waals surface area contributed by atoms with E-state index in [4.69, 9.17) is 22.6 Å². The van der Waals surface area contributed by atoms with Gasteiger partial charge in [-0.3, -0.25) is 9.78 Å². The third-order valence-corrected chi connectivity index (χ3v) is 5.09. The van der Waals surface area contributed by atoms with Crippen LogP contribution < -0.4 is 11.3 Å². The molecule has 0 spiro atoms. The van der Waals surface area contributed by atoms with E-state index in [0.29, 0.717) is 27.5 Å². The average Bonchev–Trinajstić information content (AvgIpc) is 2.76. The first-order valence-corrected chi connectivity index (χ1v) is 9.24. The summed E-state index contributed by atoms with van der Waals surface area (Å²) in [6.07, 6.45) is 1.64. The fourth-order valence-electron chi connectivity index (χ4n) is 3.23. The summed E-state index contributed by atoms with van der Waals surface area (Å²) in [5.41, 5.74) is 9.88. The lowest BCUT2D eigenvalue weighted by molar-refractivity contribution is 0.827. The van der Waals surface area contributed by atoms with Crippen molar-refractivity contribution >= 4 is 22.5 Å². The van der Waals surface area contributed by atoms with Crippen LogP contribution in [0.15, 0.2) is 65.6 Å². The van der Waals surface area contributed by atoms with E-state index in [1.54, 1.807) is 43.6 Å². The highest BCUT2D eigenvalue weighted by Crippen LogP contribution is 2.28. The summed E-state index contributed by atoms with van der Waals surface area (Å²) in [6, 6.07) is 17.4. The topological polar surface area (TPSA) is 97.6 Å². The monoisotopic (exact) mass is 401 g/mol. The minimum Gasteiger partial charge on any atom is -0.319 e. The highest BCUT2D eigenvalue weighted by Gasteiger charge is 2.16. The lowest BCUT2D eigenvalue weighted by Crippen LogP contribution is -2.18. The zero-order valence-electron chi connectivity index (χ0n) is 15.5. The maximum absolute atomic E-state index is 12.5. The van der Waals surface area contributed by atoms with E-state index >= 15 is 0 Å². The first-order valence-electron chi connectivity index (χ1n) is 8.86. The average molecular weight is 402 g/mol. The predicted molar refractivity (Wildman–Crippen MR) is 112 cm³/mol. The van der Waals surface area contributed by atoms with E-state index in [-0.39, 0.29) is 11.3 Å². The van der Waals surface area contributed by atoms with E-state index in [9.17, 15) is 4.79 Å². The summed E-state index contributed by atoms with van der Waals surface area (Å²) in [7, 11) is 1.69. The number of halogens is 1. The Morgan fingerprint density at radius 3 is 2.66 bits per heavy atom. The third kappa shape index (κ3) is 3.49. The molecule has 2 N–H and O–H groups in total. The van der Waals surface area contributed by atoms with Gasteiger partial charge in [0.1, 0.15) is 11.8 Å². The quantitative estimate of drug-likeness (QED) is 0.566. The molecule has 29 heavy (non-hydrogen) atoms. The van der Waals surface area contributed by atoms with Crippen LogP contribution in [0.3, 0.4) is 0 Å². The number of nitrogens with two attached hydrogens (primary N) is 1. The predicted octanol–water partition coefficient (Wildman–Crippen LogP) is 3.57. The molecule has 3 aromatic heterocycles. The second-order valence-corrected chi connectivity index (χ2v) is 7.07. The Kier molecular flexibility index (Phi) is 4.85. The van der Waals surface area contributed by atoms with Gasteiger partial charge in [-0.1, -0.05) is 29.8 Å². The van der Waals surface area contributed by atoms with Crippen LogP contribution in [0, 0.1) is 11.3 Å². The van der Waals surface area contributed by atoms with E-state index in [2.05, 4.69) is 9.97 Å². The molecule has 1 atom stereocenters. The maximum atomic E-state index is 12.5. The smallest absolute Gasteiger partial charge is 0.251 e. The van der Waals surface area contributed by atoms with Crippen LogP contribution in [0.25, 0.3) is 22.2 Å². The van der Waals surface area contributed by atoms with E-state index in [1.165, 1.54) is 10.6 Å². The molecule has 4 rings (SSSR count). The molecule has 0 bridgehead atoms. The van der Waals surface area contributed by atoms with Gasteiger partial charge in [-0.05, 0) is 35.9 Å². The minimum atomic E-state index is -0.458. The van der Waals surface area contributed by atoms with E-state index in [1.807, 2.05) is 24.3 Å². The number of hydrogen-bond acceptors (Lipinski definition) is 5. The second kappa shape index (κ2) is 7.47. The number of pyridine rings is 3. The minimum absolute atomic E-state index is 0.187. The van der Waals surface area contributed by atoms with Gasteiger partial charge in [0, 0.05) is 29.1 Å². The summed E-state index contributed by atoms with van der Waals surface area (Å²) in [5.74, 6) is 0. The molecule has 0 aliphatic heterocycles. The summed E-state index contributed by atoms with van der Waals surface area (Å²) in [4.78, 5) is 21.3. The molecule has 4 aromatic rings. The summed E-state index contributed by atoms with van der Waals surface area (Å²) in [6.45, 7) is 0. The number of nitriles is 1. The number of benzene rings is 1. The normalized spacial score (nSPS) is 11.9. The van der Waals surface area contributed by atoms with Crippen LogP contribution in [0.4, 0.5) is 0 Å². The summed E-state index contributed by atoms with van der Waals surface area (Å²) < 4.78 is 1.53. The molecular formula is C22H16ClN5O. The van der Waals surface area contributed by atoms with Crippen LogP contribution in [0.1, 0.15) is 23.0 Å². The molecule has 0 saturated carbocycles. The van der Waals surface area contributed by atoms with E-state index in [0.717, 1.165) is 10.9 Å². The lowest BCUT2D eigenvalue weighted by Gasteiger charge is -2.15. The van der Waals surface area contributed by atoms with Gasteiger partial charge in [0.25, 0.3) is 5.56 Å². The second-order valence-electron chi connectivity index (χ2n) is 6.63. The largest absolute Gasteiger partial charge is 0.319 e. The Balaban J connectivity index is 1.93. The summed E-state index contributed by atoms with van der Waals surface area (Å²) >= 11 is 5.97. The zero-order chi connectivity index (χ0) is 20.5. The molecule has 142 valence electrons. The van der Waals surface area contributed by atoms with Crippen LogP contribution in [0.5, 0.6) is 0 Å². The van der Waals surface area contributed by atoms with Gasteiger partial charge in [0.2, 0.25) is 0 Å². The van der Waals surface area contributed by atoms with Gasteiger partial charge in [-0.2, -0.15) is 5.26 Å². The van der Waals surface area contributed by atoms with Crippen molar-refractivity contribution in [2.45, 2.75) is 6.04 Å². The van der Waals surface area contributed by atoms with Crippen molar-refractivity contribution < 1.29 is 0 Å². The molecular weight excluding hydrogens is 386 g/mol. The molecule has 0 aliphatic carbocycles. The Hall–Kier alpha value is -3.53. The summed E-state index contributed by atoms with van der Waals surface area (Å²) in [5, 5.41) is 10.6. The van der Waals surface area contributed by atoms with Crippen LogP contribution in [0.2, 0.25) is 5.02 Å². The Morgan fingerprint density at radius 2 is 1.93 bits per heavy atom. The van der Waals surface area contributed by atoms with Crippen molar-refractivity contribution in [2.75, 3.05) is 0 Å². The third-order valence-electron chi connectivity index (χ3n) is 4.84. The molecule has 0 aliphatic rings. The molecule has 0 amide bonds. The fourth-order valence-corrected chi connectivity index (χ4v) is 3.36. The molecule has 3 heterocycles. The number of aryl methyl sites for hydroxylation is 1. The first-order chi connectivity index (χ1) is 14.0. The highest BCUT2D eigenvalue weighted by atomic mass is 35.5. The number of fused-ring (bicyclic) bond motifs is 1. The van der Waals surface area contributed by atoms with Crippen LogP contribution in [-0.4, -0.2) is 14.5 Å². The van der Waals surface area contributed by atoms with Gasteiger partial charge in [-0.15, -0.1) is 0 Å². The van der Waals surface area contributed by atoms with Gasteiger partial charge in [-0.25, -0.2) is 4.98 Å². The molecule has 1 aromatic carbocycles. The van der Waals surface area contributed by atoms with Gasteiger partial charge in [0.15, 0.2) is 0 Å². The van der Waals surface area contributed by atoms with Crippen LogP contribution >= 0.6 is 11.6 Å². The molecule has 0 saturated heterocycles. The first kappa shape index (κ1) is 18.8. The molecule has 7 heteroatoms. The number of aromatic nitrogens is 3. The SMILES string of the molecule is Cn1c(=O)cc(-c2cccc(C#N)n2)c2cc(C(N)c3ccc(Cl)cc3)ncc21. The Labute approximate surface area is 171 Å². The van der Waals surface area contributed by atoms with Gasteiger partial charge in [0.05, 0.1) is 29.1 Å². The lowest BCUT2D eigenvalue weighted by atomic mass is 10.0. The highest BCUT2D eigenvalue weighted by molar-refractivity contribution is 6.30. The van der Waals surface area contributed by atoms with Crippen molar-refractivity contribution in [1.82, 2.24) is 14.5 Å². The van der Waals surface area contributed by atoms with Crippen LogP contribution in [-0.2, 0) is 7.05 Å². The number of rotatable bonds is 3.